The highest BCUT2D eigenvalue weighted by Crippen LogP contribution is 2.21. The summed E-state index contributed by atoms with van der Waals surface area (Å²) in [5.74, 6) is 0.330. The molecule has 0 saturated heterocycles. The molecule has 2 rings (SSSR count). The summed E-state index contributed by atoms with van der Waals surface area (Å²) in [6.07, 6.45) is 0. The van der Waals surface area contributed by atoms with Crippen LogP contribution in [-0.2, 0) is 6.61 Å². The van der Waals surface area contributed by atoms with Gasteiger partial charge in [-0.3, -0.25) is 0 Å². The van der Waals surface area contributed by atoms with Gasteiger partial charge in [0, 0.05) is 0 Å². The maximum atomic E-state index is 13.2. The Morgan fingerprint density at radius 2 is 2.00 bits per heavy atom. The number of hydrogen-bond donors (Lipinski definition) is 0. The molecule has 0 aliphatic rings. The molecule has 18 heavy (non-hydrogen) atoms. The van der Waals surface area contributed by atoms with E-state index in [1.807, 2.05) is 30.3 Å². The highest BCUT2D eigenvalue weighted by atomic mass is 127. The third kappa shape index (κ3) is 3.20. The third-order valence-corrected chi connectivity index (χ3v) is 3.21. The number of ether oxygens (including phenoxy) is 1. The topological polar surface area (TPSA) is 33.0 Å². The molecule has 0 N–H and O–H groups in total. The lowest BCUT2D eigenvalue weighted by Gasteiger charge is -2.08. The van der Waals surface area contributed by atoms with Crippen molar-refractivity contribution in [1.82, 2.24) is 0 Å². The average Bonchev–Trinajstić information content (AvgIpc) is 2.37. The number of halogens is 2. The Balaban J connectivity index is 2.14. The summed E-state index contributed by atoms with van der Waals surface area (Å²) in [5, 5.41) is 8.76. The second-order valence-corrected chi connectivity index (χ2v) is 4.84. The quantitative estimate of drug-likeness (QED) is 0.785. The molecule has 0 saturated carbocycles. The van der Waals surface area contributed by atoms with Crippen molar-refractivity contribution in [3.8, 4) is 11.8 Å². The normalized spacial score (nSPS) is 9.83. The van der Waals surface area contributed by atoms with Gasteiger partial charge in [-0.1, -0.05) is 12.1 Å². The van der Waals surface area contributed by atoms with Gasteiger partial charge < -0.3 is 4.74 Å². The van der Waals surface area contributed by atoms with Crippen LogP contribution in [0.4, 0.5) is 4.39 Å². The van der Waals surface area contributed by atoms with Crippen LogP contribution < -0.4 is 4.74 Å². The molecule has 0 fully saturated rings. The molecule has 2 nitrogen and oxygen atoms in total. The molecule has 0 unspecified atom stereocenters. The van der Waals surface area contributed by atoms with E-state index in [0.29, 0.717) is 11.1 Å². The first-order chi connectivity index (χ1) is 8.69. The van der Waals surface area contributed by atoms with Gasteiger partial charge in [-0.15, -0.1) is 0 Å². The summed E-state index contributed by atoms with van der Waals surface area (Å²) in [7, 11) is 0. The van der Waals surface area contributed by atoms with Gasteiger partial charge in [-0.2, -0.15) is 5.26 Å². The zero-order valence-corrected chi connectivity index (χ0v) is 11.5. The maximum absolute atomic E-state index is 13.2. The van der Waals surface area contributed by atoms with Crippen molar-refractivity contribution in [3.05, 3.63) is 63.0 Å². The van der Waals surface area contributed by atoms with Crippen molar-refractivity contribution in [2.75, 3.05) is 0 Å². The number of benzene rings is 2. The summed E-state index contributed by atoms with van der Waals surface area (Å²) in [4.78, 5) is 0. The Labute approximate surface area is 118 Å². The zero-order chi connectivity index (χ0) is 13.0. The lowest BCUT2D eigenvalue weighted by molar-refractivity contribution is 0.303. The molecule has 2 aromatic carbocycles. The Morgan fingerprint density at radius 1 is 1.22 bits per heavy atom. The van der Waals surface area contributed by atoms with Crippen LogP contribution in [0, 0.1) is 20.7 Å². The van der Waals surface area contributed by atoms with Crippen molar-refractivity contribution in [2.45, 2.75) is 6.61 Å². The number of hydrogen-bond acceptors (Lipinski definition) is 2. The monoisotopic (exact) mass is 353 g/mol. The Kier molecular flexibility index (Phi) is 4.15. The number of nitriles is 1. The molecule has 0 heterocycles. The van der Waals surface area contributed by atoms with Crippen LogP contribution >= 0.6 is 22.6 Å². The second kappa shape index (κ2) is 5.83. The van der Waals surface area contributed by atoms with E-state index in [4.69, 9.17) is 10.00 Å². The zero-order valence-electron chi connectivity index (χ0n) is 9.36. The SMILES string of the molecule is N#Cc1cc(F)cc(COc2ccccc2I)c1. The largest absolute Gasteiger partial charge is 0.488 e. The first kappa shape index (κ1) is 12.8. The molecular formula is C14H9FINO. The van der Waals surface area contributed by atoms with Crippen molar-refractivity contribution in [3.63, 3.8) is 0 Å². The van der Waals surface area contributed by atoms with E-state index in [9.17, 15) is 4.39 Å². The van der Waals surface area contributed by atoms with Crippen molar-refractivity contribution in [1.29, 1.82) is 5.26 Å². The minimum Gasteiger partial charge on any atom is -0.488 e. The van der Waals surface area contributed by atoms with E-state index in [0.717, 1.165) is 9.32 Å². The minimum absolute atomic E-state index is 0.243. The summed E-state index contributed by atoms with van der Waals surface area (Å²) >= 11 is 2.17. The van der Waals surface area contributed by atoms with Gasteiger partial charge in [0.1, 0.15) is 18.2 Å². The Hall–Kier alpha value is -1.61. The highest BCUT2D eigenvalue weighted by molar-refractivity contribution is 14.1. The summed E-state index contributed by atoms with van der Waals surface area (Å²) in [6, 6.07) is 13.7. The fourth-order valence-electron chi connectivity index (χ4n) is 1.52. The van der Waals surface area contributed by atoms with E-state index in [1.54, 1.807) is 6.07 Å². The minimum atomic E-state index is -0.421. The number of nitrogens with zero attached hydrogens (tertiary/aromatic N) is 1. The van der Waals surface area contributed by atoms with Crippen LogP contribution in [0.2, 0.25) is 0 Å². The lowest BCUT2D eigenvalue weighted by atomic mass is 10.1. The molecule has 0 amide bonds. The van der Waals surface area contributed by atoms with E-state index in [2.05, 4.69) is 22.6 Å². The van der Waals surface area contributed by atoms with Crippen molar-refractivity contribution < 1.29 is 9.13 Å². The number of para-hydroxylation sites is 1. The van der Waals surface area contributed by atoms with E-state index in [-0.39, 0.29) is 6.61 Å². The molecule has 0 bridgehead atoms. The molecule has 0 aliphatic carbocycles. The molecule has 0 atom stereocenters. The van der Waals surface area contributed by atoms with Gasteiger partial charge in [0.15, 0.2) is 0 Å². The molecule has 0 radical (unpaired) electrons. The Morgan fingerprint density at radius 3 is 2.72 bits per heavy atom. The van der Waals surface area contributed by atoms with Crippen LogP contribution in [-0.4, -0.2) is 0 Å². The summed E-state index contributed by atoms with van der Waals surface area (Å²) in [5.41, 5.74) is 0.947. The van der Waals surface area contributed by atoms with Gasteiger partial charge in [-0.25, -0.2) is 4.39 Å². The molecule has 2 aromatic rings. The molecule has 0 spiro atoms. The van der Waals surface area contributed by atoms with Crippen LogP contribution in [0.1, 0.15) is 11.1 Å². The Bertz CT molecular complexity index is 607. The molecule has 90 valence electrons. The van der Waals surface area contributed by atoms with E-state index < -0.39 is 5.82 Å². The average molecular weight is 353 g/mol. The van der Waals surface area contributed by atoms with Crippen LogP contribution in [0.25, 0.3) is 0 Å². The van der Waals surface area contributed by atoms with Crippen molar-refractivity contribution in [2.24, 2.45) is 0 Å². The van der Waals surface area contributed by atoms with Crippen LogP contribution in [0.15, 0.2) is 42.5 Å². The number of rotatable bonds is 3. The molecule has 0 aromatic heterocycles. The van der Waals surface area contributed by atoms with Crippen LogP contribution in [0.3, 0.4) is 0 Å². The van der Waals surface area contributed by atoms with Gasteiger partial charge in [0.05, 0.1) is 15.2 Å². The summed E-state index contributed by atoms with van der Waals surface area (Å²) in [6.45, 7) is 0.243. The second-order valence-electron chi connectivity index (χ2n) is 3.68. The highest BCUT2D eigenvalue weighted by Gasteiger charge is 2.03. The van der Waals surface area contributed by atoms with E-state index >= 15 is 0 Å². The molecular weight excluding hydrogens is 344 g/mol. The first-order valence-electron chi connectivity index (χ1n) is 5.26. The van der Waals surface area contributed by atoms with Gasteiger partial charge in [-0.05, 0) is 58.5 Å². The summed E-state index contributed by atoms with van der Waals surface area (Å²) < 4.78 is 19.8. The molecule has 4 heteroatoms. The van der Waals surface area contributed by atoms with Gasteiger partial charge >= 0.3 is 0 Å². The molecule has 0 aliphatic heterocycles. The van der Waals surface area contributed by atoms with Gasteiger partial charge in [0.25, 0.3) is 0 Å². The van der Waals surface area contributed by atoms with Gasteiger partial charge in [0.2, 0.25) is 0 Å². The van der Waals surface area contributed by atoms with Crippen molar-refractivity contribution >= 4 is 22.6 Å². The standard InChI is InChI=1S/C14H9FINO/c15-12-6-10(8-17)5-11(7-12)9-18-14-4-2-1-3-13(14)16/h1-7H,9H2. The third-order valence-electron chi connectivity index (χ3n) is 2.32. The smallest absolute Gasteiger partial charge is 0.133 e. The fraction of sp³-hybridized carbons (Fsp3) is 0.0714. The first-order valence-corrected chi connectivity index (χ1v) is 6.34. The maximum Gasteiger partial charge on any atom is 0.133 e. The predicted molar refractivity (Wildman–Crippen MR) is 74.6 cm³/mol. The van der Waals surface area contributed by atoms with Crippen LogP contribution in [0.5, 0.6) is 5.75 Å². The predicted octanol–water partition coefficient (Wildman–Crippen LogP) is 3.88. The van der Waals surface area contributed by atoms with E-state index in [1.165, 1.54) is 12.1 Å². The fourth-order valence-corrected chi connectivity index (χ4v) is 2.06. The lowest BCUT2D eigenvalue weighted by Crippen LogP contribution is -1.98.